The summed E-state index contributed by atoms with van der Waals surface area (Å²) in [6.45, 7) is 3.49. The monoisotopic (exact) mass is 347 g/mol. The van der Waals surface area contributed by atoms with Crippen LogP contribution in [-0.2, 0) is 11.8 Å². The van der Waals surface area contributed by atoms with E-state index in [1.807, 2.05) is 36.2 Å². The zero-order valence-electron chi connectivity index (χ0n) is 14.8. The summed E-state index contributed by atoms with van der Waals surface area (Å²) < 4.78 is 0. The van der Waals surface area contributed by atoms with Gasteiger partial charge < -0.3 is 9.88 Å². The molecule has 0 radical (unpaired) electrons. The first-order valence-electron chi connectivity index (χ1n) is 9.20. The third-order valence-corrected chi connectivity index (χ3v) is 5.89. The molecular weight excluding hydrogens is 326 g/mol. The third kappa shape index (κ3) is 2.32. The Bertz CT molecular complexity index is 1010. The van der Waals surface area contributed by atoms with Crippen LogP contribution in [0.15, 0.2) is 30.7 Å². The lowest BCUT2D eigenvalue weighted by Gasteiger charge is -2.40. The number of nitrogens with one attached hydrogen (secondary N) is 1. The van der Waals surface area contributed by atoms with Gasteiger partial charge in [0.25, 0.3) is 5.91 Å². The molecule has 1 N–H and O–H groups in total. The van der Waals surface area contributed by atoms with Gasteiger partial charge in [0.15, 0.2) is 0 Å². The normalized spacial score (nSPS) is 22.1. The Labute approximate surface area is 151 Å². The second-order valence-corrected chi connectivity index (χ2v) is 7.54. The SMILES string of the molecule is Cc1ncc2c(n1)C1(CCCN(C(=O)c3ccc4nc[nH]c4c3)C1)CC2. The van der Waals surface area contributed by atoms with Gasteiger partial charge in [-0.15, -0.1) is 0 Å². The van der Waals surface area contributed by atoms with Crippen molar-refractivity contribution in [1.29, 1.82) is 0 Å². The molecule has 1 fully saturated rings. The van der Waals surface area contributed by atoms with Gasteiger partial charge in [0, 0.05) is 30.3 Å². The van der Waals surface area contributed by atoms with Gasteiger partial charge in [0.2, 0.25) is 0 Å². The van der Waals surface area contributed by atoms with E-state index >= 15 is 0 Å². The van der Waals surface area contributed by atoms with Crippen LogP contribution in [0, 0.1) is 6.92 Å². The Morgan fingerprint density at radius 3 is 3.12 bits per heavy atom. The summed E-state index contributed by atoms with van der Waals surface area (Å²) in [4.78, 5) is 31.6. The number of hydrogen-bond acceptors (Lipinski definition) is 4. The first kappa shape index (κ1) is 15.5. The highest BCUT2D eigenvalue weighted by atomic mass is 16.2. The fourth-order valence-corrected chi connectivity index (χ4v) is 4.58. The first-order valence-corrected chi connectivity index (χ1v) is 9.20. The molecule has 132 valence electrons. The third-order valence-electron chi connectivity index (χ3n) is 5.89. The van der Waals surface area contributed by atoms with Gasteiger partial charge >= 0.3 is 0 Å². The molecule has 2 aliphatic rings. The molecule has 1 aliphatic heterocycles. The van der Waals surface area contributed by atoms with Crippen LogP contribution in [0.1, 0.15) is 46.7 Å². The topological polar surface area (TPSA) is 74.8 Å². The Hall–Kier alpha value is -2.76. The fraction of sp³-hybridized carbons (Fsp3) is 0.400. The minimum absolute atomic E-state index is 0.00493. The molecule has 5 rings (SSSR count). The maximum absolute atomic E-state index is 13.1. The molecule has 3 aromatic rings. The number of fused-ring (bicyclic) bond motifs is 3. The van der Waals surface area contributed by atoms with Crippen molar-refractivity contribution in [3.8, 4) is 0 Å². The van der Waals surface area contributed by atoms with E-state index in [0.717, 1.165) is 61.2 Å². The van der Waals surface area contributed by atoms with Crippen LogP contribution in [0.5, 0.6) is 0 Å². The van der Waals surface area contributed by atoms with Crippen LogP contribution in [0.25, 0.3) is 11.0 Å². The molecule has 0 bridgehead atoms. The zero-order valence-corrected chi connectivity index (χ0v) is 14.8. The van der Waals surface area contributed by atoms with Gasteiger partial charge in [-0.2, -0.15) is 0 Å². The molecular formula is C20H21N5O. The molecule has 1 amide bonds. The van der Waals surface area contributed by atoms with Gasteiger partial charge in [0.1, 0.15) is 5.82 Å². The van der Waals surface area contributed by atoms with Crippen molar-refractivity contribution in [2.24, 2.45) is 0 Å². The zero-order chi connectivity index (χ0) is 17.7. The molecule has 1 unspecified atom stereocenters. The summed E-state index contributed by atoms with van der Waals surface area (Å²) >= 11 is 0. The number of amides is 1. The number of hydrogen-bond donors (Lipinski definition) is 1. The second kappa shape index (κ2) is 5.62. The second-order valence-electron chi connectivity index (χ2n) is 7.54. The molecule has 6 heteroatoms. The number of benzene rings is 1. The van der Waals surface area contributed by atoms with E-state index in [4.69, 9.17) is 4.98 Å². The predicted molar refractivity (Wildman–Crippen MR) is 98.0 cm³/mol. The molecule has 1 atom stereocenters. The van der Waals surface area contributed by atoms with Crippen molar-refractivity contribution in [2.45, 2.75) is 38.0 Å². The number of likely N-dealkylation sites (tertiary alicyclic amines) is 1. The number of rotatable bonds is 1. The smallest absolute Gasteiger partial charge is 0.253 e. The van der Waals surface area contributed by atoms with Crippen LogP contribution in [0.3, 0.4) is 0 Å². The van der Waals surface area contributed by atoms with Gasteiger partial charge in [-0.05, 0) is 56.4 Å². The van der Waals surface area contributed by atoms with Crippen molar-refractivity contribution in [2.75, 3.05) is 13.1 Å². The van der Waals surface area contributed by atoms with Gasteiger partial charge in [-0.1, -0.05) is 0 Å². The van der Waals surface area contributed by atoms with E-state index in [-0.39, 0.29) is 11.3 Å². The van der Waals surface area contributed by atoms with Crippen LogP contribution in [0.4, 0.5) is 0 Å². The summed E-state index contributed by atoms with van der Waals surface area (Å²) in [7, 11) is 0. The largest absolute Gasteiger partial charge is 0.345 e. The average Bonchev–Trinajstić information content (AvgIpc) is 3.26. The first-order chi connectivity index (χ1) is 12.6. The average molecular weight is 347 g/mol. The molecule has 1 saturated heterocycles. The minimum Gasteiger partial charge on any atom is -0.345 e. The molecule has 0 saturated carbocycles. The quantitative estimate of drug-likeness (QED) is 0.734. The van der Waals surface area contributed by atoms with E-state index in [0.29, 0.717) is 0 Å². The van der Waals surface area contributed by atoms with Gasteiger partial charge in [-0.25, -0.2) is 15.0 Å². The number of nitrogens with zero attached hydrogens (tertiary/aromatic N) is 4. The van der Waals surface area contributed by atoms with Crippen LogP contribution in [0.2, 0.25) is 0 Å². The lowest BCUT2D eigenvalue weighted by Crippen LogP contribution is -2.48. The summed E-state index contributed by atoms with van der Waals surface area (Å²) in [5.41, 5.74) is 4.92. The maximum Gasteiger partial charge on any atom is 0.253 e. The van der Waals surface area contributed by atoms with Crippen molar-refractivity contribution in [3.05, 3.63) is 53.4 Å². The minimum atomic E-state index is -0.00493. The van der Waals surface area contributed by atoms with Crippen molar-refractivity contribution in [1.82, 2.24) is 24.8 Å². The Morgan fingerprint density at radius 2 is 2.19 bits per heavy atom. The number of aromatic amines is 1. The Kier molecular flexibility index (Phi) is 3.35. The highest BCUT2D eigenvalue weighted by molar-refractivity contribution is 5.97. The lowest BCUT2D eigenvalue weighted by atomic mass is 9.77. The predicted octanol–water partition coefficient (Wildman–Crippen LogP) is 2.78. The highest BCUT2D eigenvalue weighted by Gasteiger charge is 2.44. The Morgan fingerprint density at radius 1 is 1.27 bits per heavy atom. The van der Waals surface area contributed by atoms with E-state index in [1.165, 1.54) is 11.3 Å². The highest BCUT2D eigenvalue weighted by Crippen LogP contribution is 2.44. The Balaban J connectivity index is 1.46. The molecule has 1 aromatic carbocycles. The van der Waals surface area contributed by atoms with Gasteiger partial charge in [0.05, 0.1) is 23.1 Å². The van der Waals surface area contributed by atoms with E-state index in [9.17, 15) is 4.79 Å². The molecule has 1 aliphatic carbocycles. The fourth-order valence-electron chi connectivity index (χ4n) is 4.58. The number of aryl methyl sites for hydroxylation is 2. The summed E-state index contributed by atoms with van der Waals surface area (Å²) in [5.74, 6) is 0.915. The van der Waals surface area contributed by atoms with E-state index in [1.54, 1.807) is 6.33 Å². The van der Waals surface area contributed by atoms with Crippen LogP contribution >= 0.6 is 0 Å². The lowest BCUT2D eigenvalue weighted by molar-refractivity contribution is 0.0633. The molecule has 2 aromatic heterocycles. The van der Waals surface area contributed by atoms with Crippen molar-refractivity contribution < 1.29 is 4.79 Å². The molecule has 26 heavy (non-hydrogen) atoms. The number of H-pyrrole nitrogens is 1. The summed E-state index contributed by atoms with van der Waals surface area (Å²) in [6, 6.07) is 5.68. The molecule has 3 heterocycles. The number of carbonyl (C=O) groups is 1. The number of imidazole rings is 1. The molecule has 1 spiro atoms. The number of carbonyl (C=O) groups excluding carboxylic acids is 1. The number of aromatic nitrogens is 4. The number of piperidine rings is 1. The van der Waals surface area contributed by atoms with E-state index in [2.05, 4.69) is 15.0 Å². The summed E-state index contributed by atoms with van der Waals surface area (Å²) in [6.07, 6.45) is 7.81. The summed E-state index contributed by atoms with van der Waals surface area (Å²) in [5, 5.41) is 0. The van der Waals surface area contributed by atoms with Gasteiger partial charge in [-0.3, -0.25) is 4.79 Å². The van der Waals surface area contributed by atoms with Crippen LogP contribution in [-0.4, -0.2) is 43.8 Å². The molecule has 6 nitrogen and oxygen atoms in total. The van der Waals surface area contributed by atoms with Crippen molar-refractivity contribution in [3.63, 3.8) is 0 Å². The van der Waals surface area contributed by atoms with Crippen LogP contribution < -0.4 is 0 Å². The maximum atomic E-state index is 13.1. The van der Waals surface area contributed by atoms with E-state index < -0.39 is 0 Å². The van der Waals surface area contributed by atoms with Crippen molar-refractivity contribution >= 4 is 16.9 Å². The standard InChI is InChI=1S/C20H21N5O/c1-13-21-10-15-5-7-20(18(15)24-13)6-2-8-25(11-20)19(26)14-3-4-16-17(9-14)23-12-22-16/h3-4,9-10,12H,2,5-8,11H2,1H3,(H,22,23).